The zero-order valence-corrected chi connectivity index (χ0v) is 12.2. The maximum atomic E-state index is 12.3. The maximum Gasteiger partial charge on any atom is 0.352 e. The number of fused-ring (bicyclic) bond motifs is 1. The average molecular weight is 306 g/mol. The number of carboxylic acids is 1. The lowest BCUT2D eigenvalue weighted by molar-refractivity contribution is -0.130. The first-order valence-electron chi connectivity index (χ1n) is 6.97. The topological polar surface area (TPSA) is 71.3 Å². The standard InChI is InChI=1S/C18H14N2O3/c1-12(18(22)23)20-15-10-6-5-9-14(15)11-16(20)19-17(21)13-7-3-2-4-8-13/h2-11H,1H2,(H,19,21)(H,22,23). The summed E-state index contributed by atoms with van der Waals surface area (Å²) < 4.78 is 1.43. The fourth-order valence-corrected chi connectivity index (χ4v) is 2.41. The summed E-state index contributed by atoms with van der Waals surface area (Å²) in [5, 5.41) is 12.8. The van der Waals surface area contributed by atoms with Gasteiger partial charge >= 0.3 is 5.97 Å². The molecule has 0 aliphatic carbocycles. The summed E-state index contributed by atoms with van der Waals surface area (Å²) in [5.41, 5.74) is 1.03. The quantitative estimate of drug-likeness (QED) is 0.725. The van der Waals surface area contributed by atoms with Crippen molar-refractivity contribution >= 4 is 34.3 Å². The first-order chi connectivity index (χ1) is 11.1. The van der Waals surface area contributed by atoms with Gasteiger partial charge in [-0.2, -0.15) is 0 Å². The van der Waals surface area contributed by atoms with Crippen molar-refractivity contribution in [2.24, 2.45) is 0 Å². The highest BCUT2D eigenvalue weighted by Gasteiger charge is 2.17. The van der Waals surface area contributed by atoms with Gasteiger partial charge < -0.3 is 10.4 Å². The van der Waals surface area contributed by atoms with Crippen molar-refractivity contribution in [3.8, 4) is 0 Å². The van der Waals surface area contributed by atoms with Crippen LogP contribution >= 0.6 is 0 Å². The van der Waals surface area contributed by atoms with E-state index >= 15 is 0 Å². The van der Waals surface area contributed by atoms with Crippen molar-refractivity contribution < 1.29 is 14.7 Å². The third-order valence-corrected chi connectivity index (χ3v) is 3.51. The van der Waals surface area contributed by atoms with Crippen molar-refractivity contribution in [3.05, 3.63) is 72.8 Å². The number of nitrogens with zero attached hydrogens (tertiary/aromatic N) is 1. The third kappa shape index (κ3) is 2.72. The van der Waals surface area contributed by atoms with E-state index in [-0.39, 0.29) is 11.6 Å². The summed E-state index contributed by atoms with van der Waals surface area (Å²) in [5.74, 6) is -1.10. The molecule has 0 atom stereocenters. The molecule has 1 aromatic heterocycles. The van der Waals surface area contributed by atoms with Gasteiger partial charge in [0.05, 0.1) is 5.52 Å². The van der Waals surface area contributed by atoms with Crippen molar-refractivity contribution in [3.63, 3.8) is 0 Å². The van der Waals surface area contributed by atoms with Gasteiger partial charge in [0, 0.05) is 10.9 Å². The van der Waals surface area contributed by atoms with E-state index in [9.17, 15) is 14.7 Å². The van der Waals surface area contributed by atoms with E-state index in [4.69, 9.17) is 0 Å². The van der Waals surface area contributed by atoms with Gasteiger partial charge in [0.25, 0.3) is 5.91 Å². The van der Waals surface area contributed by atoms with Crippen LogP contribution in [0.5, 0.6) is 0 Å². The number of para-hydroxylation sites is 1. The molecule has 2 N–H and O–H groups in total. The number of anilines is 1. The molecule has 5 nitrogen and oxygen atoms in total. The van der Waals surface area contributed by atoms with Gasteiger partial charge in [0.1, 0.15) is 11.5 Å². The minimum Gasteiger partial charge on any atom is -0.477 e. The second-order valence-electron chi connectivity index (χ2n) is 5.00. The summed E-state index contributed by atoms with van der Waals surface area (Å²) in [6.45, 7) is 3.60. The number of aliphatic carboxylic acids is 1. The van der Waals surface area contributed by atoms with E-state index in [1.165, 1.54) is 4.57 Å². The molecule has 0 aliphatic rings. The van der Waals surface area contributed by atoms with E-state index in [1.807, 2.05) is 18.2 Å². The monoisotopic (exact) mass is 306 g/mol. The number of amides is 1. The molecule has 2 aromatic carbocycles. The Morgan fingerprint density at radius 1 is 1.00 bits per heavy atom. The Kier molecular flexibility index (Phi) is 3.68. The number of carboxylic acid groups (broad SMARTS) is 1. The van der Waals surface area contributed by atoms with E-state index in [0.717, 1.165) is 5.39 Å². The van der Waals surface area contributed by atoms with Crippen molar-refractivity contribution in [2.75, 3.05) is 5.32 Å². The Hall–Kier alpha value is -3.34. The predicted octanol–water partition coefficient (Wildman–Crippen LogP) is 3.45. The zero-order valence-electron chi connectivity index (χ0n) is 12.2. The smallest absolute Gasteiger partial charge is 0.352 e. The second-order valence-corrected chi connectivity index (χ2v) is 5.00. The van der Waals surface area contributed by atoms with Crippen molar-refractivity contribution in [1.82, 2.24) is 4.57 Å². The number of nitrogens with one attached hydrogen (secondary N) is 1. The van der Waals surface area contributed by atoms with Crippen molar-refractivity contribution in [2.45, 2.75) is 0 Å². The highest BCUT2D eigenvalue weighted by atomic mass is 16.4. The molecule has 0 radical (unpaired) electrons. The van der Waals surface area contributed by atoms with Gasteiger partial charge in [-0.1, -0.05) is 43.0 Å². The van der Waals surface area contributed by atoms with Crippen LogP contribution in [0.25, 0.3) is 16.6 Å². The van der Waals surface area contributed by atoms with Gasteiger partial charge in [-0.05, 0) is 24.3 Å². The molecule has 1 heterocycles. The highest BCUT2D eigenvalue weighted by molar-refractivity contribution is 6.13. The Bertz CT molecular complexity index is 910. The van der Waals surface area contributed by atoms with E-state index in [1.54, 1.807) is 42.5 Å². The molecule has 114 valence electrons. The van der Waals surface area contributed by atoms with Crippen LogP contribution in [0.3, 0.4) is 0 Å². The molecule has 0 unspecified atom stereocenters. The van der Waals surface area contributed by atoms with Crippen LogP contribution in [0.4, 0.5) is 5.82 Å². The molecule has 0 fully saturated rings. The van der Waals surface area contributed by atoms with E-state index in [0.29, 0.717) is 16.9 Å². The number of carbonyl (C=O) groups is 2. The lowest BCUT2D eigenvalue weighted by Crippen LogP contribution is -2.16. The lowest BCUT2D eigenvalue weighted by atomic mass is 10.2. The van der Waals surface area contributed by atoms with E-state index < -0.39 is 5.97 Å². The number of hydrogen-bond acceptors (Lipinski definition) is 2. The minimum absolute atomic E-state index is 0.130. The van der Waals surface area contributed by atoms with Gasteiger partial charge in [0.2, 0.25) is 0 Å². The van der Waals surface area contributed by atoms with Crippen LogP contribution in [-0.4, -0.2) is 21.6 Å². The Morgan fingerprint density at radius 2 is 1.65 bits per heavy atom. The predicted molar refractivity (Wildman–Crippen MR) is 89.3 cm³/mol. The zero-order chi connectivity index (χ0) is 16.4. The largest absolute Gasteiger partial charge is 0.477 e. The second kappa shape index (κ2) is 5.81. The molecule has 0 saturated heterocycles. The van der Waals surface area contributed by atoms with Crippen LogP contribution in [-0.2, 0) is 4.79 Å². The first-order valence-corrected chi connectivity index (χ1v) is 6.97. The van der Waals surface area contributed by atoms with Crippen LogP contribution in [0, 0.1) is 0 Å². The van der Waals surface area contributed by atoms with Crippen LogP contribution in [0.15, 0.2) is 67.2 Å². The lowest BCUT2D eigenvalue weighted by Gasteiger charge is -2.11. The summed E-state index contributed by atoms with van der Waals surface area (Å²) >= 11 is 0. The number of rotatable bonds is 4. The molecule has 1 amide bonds. The van der Waals surface area contributed by atoms with Crippen LogP contribution < -0.4 is 5.32 Å². The normalized spacial score (nSPS) is 10.4. The highest BCUT2D eigenvalue weighted by Crippen LogP contribution is 2.27. The Balaban J connectivity index is 2.06. The molecular formula is C18H14N2O3. The number of hydrogen-bond donors (Lipinski definition) is 2. The first kappa shape index (κ1) is 14.6. The fraction of sp³-hybridized carbons (Fsp3) is 0. The summed E-state index contributed by atoms with van der Waals surface area (Å²) in [7, 11) is 0. The minimum atomic E-state index is -1.15. The fourth-order valence-electron chi connectivity index (χ4n) is 2.41. The van der Waals surface area contributed by atoms with Crippen LogP contribution in [0.2, 0.25) is 0 Å². The molecule has 0 saturated carbocycles. The third-order valence-electron chi connectivity index (χ3n) is 3.51. The number of aromatic nitrogens is 1. The Labute approximate surface area is 132 Å². The molecule has 0 bridgehead atoms. The maximum absolute atomic E-state index is 12.3. The summed E-state index contributed by atoms with van der Waals surface area (Å²) in [6, 6.07) is 17.7. The molecule has 0 spiro atoms. The SMILES string of the molecule is C=C(C(=O)O)n1c(NC(=O)c2ccccc2)cc2ccccc21. The van der Waals surface area contributed by atoms with Gasteiger partial charge in [-0.15, -0.1) is 0 Å². The van der Waals surface area contributed by atoms with E-state index in [2.05, 4.69) is 11.9 Å². The number of benzene rings is 2. The average Bonchev–Trinajstić information content (AvgIpc) is 2.92. The Morgan fingerprint density at radius 3 is 2.35 bits per heavy atom. The summed E-state index contributed by atoms with van der Waals surface area (Å²) in [6.07, 6.45) is 0. The van der Waals surface area contributed by atoms with Gasteiger partial charge in [0.15, 0.2) is 0 Å². The van der Waals surface area contributed by atoms with Crippen LogP contribution in [0.1, 0.15) is 10.4 Å². The molecule has 0 aliphatic heterocycles. The molecule has 5 heteroatoms. The number of carbonyl (C=O) groups excluding carboxylic acids is 1. The molecule has 3 aromatic rings. The van der Waals surface area contributed by atoms with Gasteiger partial charge in [-0.25, -0.2) is 4.79 Å². The molecular weight excluding hydrogens is 292 g/mol. The summed E-state index contributed by atoms with van der Waals surface area (Å²) in [4.78, 5) is 23.7. The van der Waals surface area contributed by atoms with Crippen molar-refractivity contribution in [1.29, 1.82) is 0 Å². The van der Waals surface area contributed by atoms with Gasteiger partial charge in [-0.3, -0.25) is 9.36 Å². The molecule has 3 rings (SSSR count). The molecule has 23 heavy (non-hydrogen) atoms.